The average Bonchev–Trinajstić information content (AvgIpc) is 3.31. The van der Waals surface area contributed by atoms with E-state index in [1.807, 2.05) is 0 Å². The van der Waals surface area contributed by atoms with Gasteiger partial charge in [0.05, 0.1) is 0 Å². The van der Waals surface area contributed by atoms with Crippen LogP contribution in [0.25, 0.3) is 0 Å². The zero-order valence-electron chi connectivity index (χ0n) is 48.4. The van der Waals surface area contributed by atoms with E-state index in [-0.39, 0.29) is 32.5 Å². The first kappa shape index (κ1) is 57.9. The fourth-order valence-electron chi connectivity index (χ4n) is 10.8. The van der Waals surface area contributed by atoms with Crippen LogP contribution in [0.4, 0.5) is 0 Å². The maximum atomic E-state index is 11.9. The molecule has 4 aromatic carbocycles. The minimum absolute atomic E-state index is 0.149. The van der Waals surface area contributed by atoms with Crippen LogP contribution in [-0.4, -0.2) is 15.3 Å². The van der Waals surface area contributed by atoms with Gasteiger partial charge in [0.1, 0.15) is 17.2 Å². The number of hydrogen-bond acceptors (Lipinski definition) is 3. The molecule has 0 aliphatic rings. The molecule has 3 nitrogen and oxygen atoms in total. The van der Waals surface area contributed by atoms with Crippen LogP contribution in [-0.2, 0) is 90.3 Å². The monoisotopic (exact) mass is 943 g/mol. The summed E-state index contributed by atoms with van der Waals surface area (Å²) in [6.45, 7) is 47.9. The quantitative estimate of drug-likeness (QED) is 0.0656. The molecule has 0 unspecified atom stereocenters. The highest BCUT2D eigenvalue weighted by Crippen LogP contribution is 2.46. The number of phenols is 3. The molecule has 0 aliphatic carbocycles. The summed E-state index contributed by atoms with van der Waals surface area (Å²) in [5, 5.41) is 35.8. The molecule has 0 amide bonds. The summed E-state index contributed by atoms with van der Waals surface area (Å²) >= 11 is 0. The molecule has 0 radical (unpaired) electrons. The average molecular weight is 944 g/mol. The number of hydrogen-bond donors (Lipinski definition) is 3. The lowest BCUT2D eigenvalue weighted by Crippen LogP contribution is -2.22. The number of aryl methyl sites for hydroxylation is 3. The molecule has 0 spiro atoms. The van der Waals surface area contributed by atoms with Crippen LogP contribution in [0.1, 0.15) is 267 Å². The molecule has 0 heterocycles. The number of benzene rings is 4. The second-order valence-corrected chi connectivity index (χ2v) is 25.0. The van der Waals surface area contributed by atoms with Crippen LogP contribution in [0.3, 0.4) is 0 Å². The maximum Gasteiger partial charge on any atom is 0.123 e. The Kier molecular flexibility index (Phi) is 18.8. The lowest BCUT2D eigenvalue weighted by molar-refractivity contribution is 0.399. The van der Waals surface area contributed by atoms with Gasteiger partial charge in [0.2, 0.25) is 0 Å². The summed E-state index contributed by atoms with van der Waals surface area (Å²) in [5.41, 5.74) is 18.7. The van der Waals surface area contributed by atoms with Crippen molar-refractivity contribution in [3.05, 3.63) is 120 Å². The van der Waals surface area contributed by atoms with Crippen molar-refractivity contribution in [2.75, 3.05) is 0 Å². The van der Waals surface area contributed by atoms with E-state index in [4.69, 9.17) is 0 Å². The third-order valence-electron chi connectivity index (χ3n) is 18.4. The van der Waals surface area contributed by atoms with Crippen LogP contribution in [0, 0.1) is 0 Å². The maximum absolute atomic E-state index is 11.9. The molecular formula is C66H102O3. The SMILES string of the molecule is CCc1c(CCc2cc(C(C)(C)CC)c(O)c(C(C)(C)CC)c2)c(CC)c(CCc2cc(C(C)(C)CC)c(O)c(C(C)(C)CC)c2)c(CC)c1CCc1cc(C(C)(C)CC)c(O)c(C(C)(C)CC)c1. The summed E-state index contributed by atoms with van der Waals surface area (Å²) in [6, 6.07) is 14.0. The minimum atomic E-state index is -0.149. The zero-order chi connectivity index (χ0) is 52.2. The zero-order valence-corrected chi connectivity index (χ0v) is 48.4. The van der Waals surface area contributed by atoms with Gasteiger partial charge in [-0.2, -0.15) is 0 Å². The third kappa shape index (κ3) is 12.1. The molecule has 4 rings (SSSR count). The summed E-state index contributed by atoms with van der Waals surface area (Å²) in [5.74, 6) is 1.44. The molecule has 0 atom stereocenters. The van der Waals surface area contributed by atoms with E-state index in [1.165, 1.54) is 50.1 Å². The van der Waals surface area contributed by atoms with Crippen LogP contribution in [0.2, 0.25) is 0 Å². The van der Waals surface area contributed by atoms with E-state index in [0.29, 0.717) is 17.2 Å². The molecule has 0 fully saturated rings. The standard InChI is InChI=1S/C66H102O3/c1-22-46-49(34-31-43-37-52(61(10,11)25-4)58(67)53(38-43)62(12,13)26-5)47(23-2)51(36-33-45-41-56(65(18,19)29-8)60(69)57(42-45)66(20,21)30-9)48(24-3)50(46)35-32-44-39-54(63(14,15)27-6)59(68)55(40-44)64(16,17)28-7/h37-42,67-69H,22-36H2,1-21H3. The van der Waals surface area contributed by atoms with E-state index in [9.17, 15) is 15.3 Å². The molecular weight excluding hydrogens is 841 g/mol. The van der Waals surface area contributed by atoms with Crippen molar-refractivity contribution in [1.29, 1.82) is 0 Å². The van der Waals surface area contributed by atoms with Crippen molar-refractivity contribution < 1.29 is 15.3 Å². The predicted molar refractivity (Wildman–Crippen MR) is 301 cm³/mol. The third-order valence-corrected chi connectivity index (χ3v) is 18.4. The van der Waals surface area contributed by atoms with Gasteiger partial charge in [0.15, 0.2) is 0 Å². The molecule has 0 bridgehead atoms. The molecule has 0 saturated heterocycles. The van der Waals surface area contributed by atoms with Gasteiger partial charge in [-0.3, -0.25) is 0 Å². The molecule has 69 heavy (non-hydrogen) atoms. The Morgan fingerprint density at radius 1 is 0.261 bits per heavy atom. The van der Waals surface area contributed by atoms with Crippen LogP contribution in [0.15, 0.2) is 36.4 Å². The van der Waals surface area contributed by atoms with Gasteiger partial charge in [0.25, 0.3) is 0 Å². The van der Waals surface area contributed by atoms with Gasteiger partial charge >= 0.3 is 0 Å². The predicted octanol–water partition coefficient (Wildman–Crippen LogP) is 18.0. The summed E-state index contributed by atoms with van der Waals surface area (Å²) in [6.07, 6.45) is 14.2. The molecule has 0 saturated carbocycles. The number of aromatic hydroxyl groups is 3. The van der Waals surface area contributed by atoms with Gasteiger partial charge in [-0.1, -0.05) is 182 Å². The fourth-order valence-corrected chi connectivity index (χ4v) is 10.8. The highest BCUT2D eigenvalue weighted by molar-refractivity contribution is 5.57. The van der Waals surface area contributed by atoms with Crippen LogP contribution in [0.5, 0.6) is 17.2 Å². The van der Waals surface area contributed by atoms with Crippen LogP contribution >= 0.6 is 0 Å². The lowest BCUT2D eigenvalue weighted by Gasteiger charge is -2.32. The molecule has 3 heteroatoms. The Hall–Kier alpha value is -3.72. The Morgan fingerprint density at radius 3 is 0.551 bits per heavy atom. The van der Waals surface area contributed by atoms with Gasteiger partial charge in [-0.05, 0) is 179 Å². The van der Waals surface area contributed by atoms with Gasteiger partial charge in [0, 0.05) is 33.4 Å². The second-order valence-electron chi connectivity index (χ2n) is 25.0. The molecule has 384 valence electrons. The molecule has 4 aromatic rings. The first-order valence-electron chi connectivity index (χ1n) is 27.8. The van der Waals surface area contributed by atoms with E-state index in [1.54, 1.807) is 0 Å². The molecule has 0 aliphatic heterocycles. The summed E-state index contributed by atoms with van der Waals surface area (Å²) in [4.78, 5) is 0. The number of rotatable bonds is 24. The normalized spacial score (nSPS) is 13.2. The Balaban J connectivity index is 2.04. The minimum Gasteiger partial charge on any atom is -0.507 e. The first-order valence-corrected chi connectivity index (χ1v) is 27.8. The fraction of sp³-hybridized carbons (Fsp3) is 0.636. The van der Waals surface area contributed by atoms with Crippen molar-refractivity contribution in [1.82, 2.24) is 0 Å². The topological polar surface area (TPSA) is 60.7 Å². The highest BCUT2D eigenvalue weighted by Gasteiger charge is 2.33. The molecule has 0 aromatic heterocycles. The van der Waals surface area contributed by atoms with Crippen molar-refractivity contribution in [2.24, 2.45) is 0 Å². The Bertz CT molecular complexity index is 2000. The van der Waals surface area contributed by atoms with Crippen molar-refractivity contribution >= 4 is 0 Å². The lowest BCUT2D eigenvalue weighted by atomic mass is 9.73. The summed E-state index contributed by atoms with van der Waals surface area (Å²) in [7, 11) is 0. The van der Waals surface area contributed by atoms with Crippen molar-refractivity contribution in [3.8, 4) is 17.2 Å². The Labute approximate surface area is 424 Å². The largest absolute Gasteiger partial charge is 0.507 e. The van der Waals surface area contributed by atoms with E-state index >= 15 is 0 Å². The highest BCUT2D eigenvalue weighted by atomic mass is 16.3. The second kappa shape index (κ2) is 22.4. The van der Waals surface area contributed by atoms with E-state index < -0.39 is 0 Å². The van der Waals surface area contributed by atoms with Crippen molar-refractivity contribution in [2.45, 2.75) is 274 Å². The smallest absolute Gasteiger partial charge is 0.123 e. The van der Waals surface area contributed by atoms with E-state index in [2.05, 4.69) is 182 Å². The van der Waals surface area contributed by atoms with E-state index in [0.717, 1.165) is 130 Å². The first-order chi connectivity index (χ1) is 32.0. The van der Waals surface area contributed by atoms with Gasteiger partial charge < -0.3 is 15.3 Å². The number of phenolic OH excluding ortho intramolecular Hbond substituents is 3. The Morgan fingerprint density at radius 2 is 0.420 bits per heavy atom. The van der Waals surface area contributed by atoms with Crippen LogP contribution < -0.4 is 0 Å². The molecule has 3 N–H and O–H groups in total. The van der Waals surface area contributed by atoms with Crippen molar-refractivity contribution in [3.63, 3.8) is 0 Å². The summed E-state index contributed by atoms with van der Waals surface area (Å²) < 4.78 is 0. The van der Waals surface area contributed by atoms with Gasteiger partial charge in [-0.15, -0.1) is 0 Å². The van der Waals surface area contributed by atoms with Gasteiger partial charge in [-0.25, -0.2) is 0 Å².